The number of aryl methyl sites for hydroxylation is 1. The predicted molar refractivity (Wildman–Crippen MR) is 146 cm³/mol. The van der Waals surface area contributed by atoms with Crippen LogP contribution in [0, 0.1) is 18.3 Å². The highest BCUT2D eigenvalue weighted by molar-refractivity contribution is 6.02. The predicted octanol–water partition coefficient (Wildman–Crippen LogP) is 6.20. The first kappa shape index (κ1) is 25.2. The Bertz CT molecular complexity index is 1460. The molecule has 1 N–H and O–H groups in total. The van der Waals surface area contributed by atoms with Crippen LogP contribution in [0.4, 0.5) is 0 Å². The molecule has 3 aromatic carbocycles. The number of aromatic nitrogens is 2. The summed E-state index contributed by atoms with van der Waals surface area (Å²) >= 11 is 0. The average molecular weight is 489 g/mol. The fourth-order valence-corrected chi connectivity index (χ4v) is 3.94. The zero-order valence-corrected chi connectivity index (χ0v) is 20.9. The first-order valence-electron chi connectivity index (χ1n) is 12.0. The Morgan fingerprint density at radius 1 is 1.14 bits per heavy atom. The molecule has 0 radical (unpaired) electrons. The van der Waals surface area contributed by atoms with E-state index in [0.29, 0.717) is 17.9 Å². The minimum Gasteiger partial charge on any atom is -0.489 e. The second kappa shape index (κ2) is 11.7. The van der Waals surface area contributed by atoms with Crippen molar-refractivity contribution >= 4 is 12.0 Å². The van der Waals surface area contributed by atoms with E-state index in [2.05, 4.69) is 18.0 Å². The second-order valence-corrected chi connectivity index (χ2v) is 8.57. The molecule has 4 rings (SSSR count). The molecule has 1 aromatic heterocycles. The highest BCUT2D eigenvalue weighted by Crippen LogP contribution is 2.30. The quantitative estimate of drug-likeness (QED) is 0.173. The van der Waals surface area contributed by atoms with Crippen molar-refractivity contribution in [2.24, 2.45) is 0 Å². The highest BCUT2D eigenvalue weighted by atomic mass is 16.5. The van der Waals surface area contributed by atoms with Crippen molar-refractivity contribution in [3.05, 3.63) is 120 Å². The van der Waals surface area contributed by atoms with Gasteiger partial charge in [-0.1, -0.05) is 61.2 Å². The Hall–Kier alpha value is -4.89. The third-order valence-corrected chi connectivity index (χ3v) is 5.88. The van der Waals surface area contributed by atoms with Gasteiger partial charge in [0.15, 0.2) is 0 Å². The summed E-state index contributed by atoms with van der Waals surface area (Å²) in [5, 5.41) is 17.6. The number of para-hydroxylation sites is 1. The maximum absolute atomic E-state index is 13.0. The number of carbonyl (C=O) groups is 1. The molecule has 6 heteroatoms. The van der Waals surface area contributed by atoms with E-state index in [-0.39, 0.29) is 11.6 Å². The first-order chi connectivity index (χ1) is 18.0. The topological polar surface area (TPSA) is 79.9 Å². The number of amides is 1. The average Bonchev–Trinajstić information content (AvgIpc) is 3.35. The van der Waals surface area contributed by atoms with E-state index in [9.17, 15) is 10.1 Å². The van der Waals surface area contributed by atoms with Crippen LogP contribution in [-0.4, -0.2) is 22.3 Å². The highest BCUT2D eigenvalue weighted by Gasteiger charge is 2.18. The summed E-state index contributed by atoms with van der Waals surface area (Å²) in [7, 11) is 0. The van der Waals surface area contributed by atoms with Gasteiger partial charge in [-0.05, 0) is 61.4 Å². The first-order valence-corrected chi connectivity index (χ1v) is 12.0. The van der Waals surface area contributed by atoms with Crippen molar-refractivity contribution < 1.29 is 9.53 Å². The normalized spacial score (nSPS) is 11.9. The van der Waals surface area contributed by atoms with Gasteiger partial charge in [-0.3, -0.25) is 4.79 Å². The lowest BCUT2D eigenvalue weighted by Gasteiger charge is -2.13. The molecule has 0 saturated carbocycles. The monoisotopic (exact) mass is 488 g/mol. The molecule has 0 fully saturated rings. The van der Waals surface area contributed by atoms with Gasteiger partial charge in [-0.15, -0.1) is 0 Å². The molecule has 1 atom stereocenters. The van der Waals surface area contributed by atoms with Crippen LogP contribution in [0.2, 0.25) is 0 Å². The summed E-state index contributed by atoms with van der Waals surface area (Å²) < 4.78 is 7.46. The third kappa shape index (κ3) is 6.03. The van der Waals surface area contributed by atoms with Gasteiger partial charge in [-0.25, -0.2) is 4.68 Å². The number of hydrogen-bond acceptors (Lipinski definition) is 4. The standard InChI is InChI=1S/C31H28N4O2/c1-4-17-37-29-16-15-25(18-22(29)2)30-27(21-35(34-30)28-13-9-6-10-14-28)19-26(20-32)31(36)33-23(3)24-11-7-5-8-12-24/h4-16,18-19,21,23H,1,17H2,2-3H3,(H,33,36). The van der Waals surface area contributed by atoms with Crippen LogP contribution in [0.3, 0.4) is 0 Å². The SMILES string of the molecule is C=CCOc1ccc(-c2nn(-c3ccccc3)cc2C=C(C#N)C(=O)NC(C)c2ccccc2)cc1C. The number of hydrogen-bond donors (Lipinski definition) is 1. The summed E-state index contributed by atoms with van der Waals surface area (Å²) in [6.07, 6.45) is 5.12. The van der Waals surface area contributed by atoms with Crippen LogP contribution >= 0.6 is 0 Å². The van der Waals surface area contributed by atoms with Gasteiger partial charge in [-0.2, -0.15) is 10.4 Å². The van der Waals surface area contributed by atoms with E-state index in [1.165, 1.54) is 0 Å². The molecule has 0 saturated heterocycles. The molecule has 1 amide bonds. The van der Waals surface area contributed by atoms with E-state index < -0.39 is 5.91 Å². The van der Waals surface area contributed by atoms with Gasteiger partial charge >= 0.3 is 0 Å². The number of benzene rings is 3. The third-order valence-electron chi connectivity index (χ3n) is 5.88. The van der Waals surface area contributed by atoms with Gasteiger partial charge in [0.25, 0.3) is 5.91 Å². The van der Waals surface area contributed by atoms with E-state index in [4.69, 9.17) is 9.84 Å². The fraction of sp³-hybridized carbons (Fsp3) is 0.129. The van der Waals surface area contributed by atoms with Crippen molar-refractivity contribution in [2.75, 3.05) is 6.61 Å². The van der Waals surface area contributed by atoms with Crippen LogP contribution < -0.4 is 10.1 Å². The molecule has 0 aliphatic heterocycles. The van der Waals surface area contributed by atoms with E-state index in [1.54, 1.807) is 16.8 Å². The van der Waals surface area contributed by atoms with Crippen LogP contribution in [0.1, 0.15) is 29.7 Å². The largest absolute Gasteiger partial charge is 0.489 e. The second-order valence-electron chi connectivity index (χ2n) is 8.57. The Kier molecular flexibility index (Phi) is 7.97. The van der Waals surface area contributed by atoms with Gasteiger partial charge in [0.1, 0.15) is 29.7 Å². The molecule has 37 heavy (non-hydrogen) atoms. The molecule has 184 valence electrons. The maximum Gasteiger partial charge on any atom is 0.262 e. The minimum atomic E-state index is -0.443. The van der Waals surface area contributed by atoms with E-state index in [1.807, 2.05) is 98.9 Å². The van der Waals surface area contributed by atoms with Crippen LogP contribution in [0.15, 0.2) is 103 Å². The lowest BCUT2D eigenvalue weighted by molar-refractivity contribution is -0.117. The number of rotatable bonds is 9. The van der Waals surface area contributed by atoms with Crippen molar-refractivity contribution in [3.63, 3.8) is 0 Å². The molecule has 0 aliphatic carbocycles. The number of nitrogens with one attached hydrogen (secondary N) is 1. The lowest BCUT2D eigenvalue weighted by atomic mass is 10.0. The maximum atomic E-state index is 13.0. The van der Waals surface area contributed by atoms with Crippen molar-refractivity contribution in [1.29, 1.82) is 5.26 Å². The molecular weight excluding hydrogens is 460 g/mol. The molecule has 6 nitrogen and oxygen atoms in total. The molecule has 4 aromatic rings. The Morgan fingerprint density at radius 2 is 1.84 bits per heavy atom. The van der Waals surface area contributed by atoms with E-state index in [0.717, 1.165) is 28.1 Å². The molecule has 1 heterocycles. The fourth-order valence-electron chi connectivity index (χ4n) is 3.94. The summed E-state index contributed by atoms with van der Waals surface area (Å²) in [5.74, 6) is 0.317. The number of ether oxygens (including phenoxy) is 1. The smallest absolute Gasteiger partial charge is 0.262 e. The summed E-state index contributed by atoms with van der Waals surface area (Å²) in [6.45, 7) is 7.96. The Morgan fingerprint density at radius 3 is 2.49 bits per heavy atom. The van der Waals surface area contributed by atoms with Crippen molar-refractivity contribution in [2.45, 2.75) is 19.9 Å². The van der Waals surface area contributed by atoms with Crippen LogP contribution in [0.25, 0.3) is 23.0 Å². The minimum absolute atomic E-state index is 0.000647. The van der Waals surface area contributed by atoms with Crippen LogP contribution in [-0.2, 0) is 4.79 Å². The van der Waals surface area contributed by atoms with Gasteiger partial charge in [0.05, 0.1) is 11.7 Å². The Labute approximate surface area is 217 Å². The summed E-state index contributed by atoms with van der Waals surface area (Å²) in [5.41, 5.74) is 4.92. The van der Waals surface area contributed by atoms with Gasteiger partial charge < -0.3 is 10.1 Å². The molecular formula is C31H28N4O2. The number of nitriles is 1. The van der Waals surface area contributed by atoms with Crippen molar-refractivity contribution in [3.8, 4) is 28.8 Å². The summed E-state index contributed by atoms with van der Waals surface area (Å²) in [4.78, 5) is 13.0. The van der Waals surface area contributed by atoms with Crippen molar-refractivity contribution in [1.82, 2.24) is 15.1 Å². The summed E-state index contributed by atoms with van der Waals surface area (Å²) in [6, 6.07) is 26.9. The molecule has 1 unspecified atom stereocenters. The molecule has 0 bridgehead atoms. The van der Waals surface area contributed by atoms with Gasteiger partial charge in [0.2, 0.25) is 0 Å². The zero-order chi connectivity index (χ0) is 26.2. The lowest BCUT2D eigenvalue weighted by Crippen LogP contribution is -2.27. The Balaban J connectivity index is 1.72. The molecule has 0 spiro atoms. The number of carbonyl (C=O) groups excluding carboxylic acids is 1. The number of nitrogens with zero attached hydrogens (tertiary/aromatic N) is 3. The zero-order valence-electron chi connectivity index (χ0n) is 20.9. The van der Waals surface area contributed by atoms with Crippen LogP contribution in [0.5, 0.6) is 5.75 Å². The molecule has 0 aliphatic rings. The van der Waals surface area contributed by atoms with E-state index >= 15 is 0 Å². The van der Waals surface area contributed by atoms with Gasteiger partial charge in [0, 0.05) is 17.3 Å².